The molecule has 0 aliphatic heterocycles. The maximum atomic E-state index is 5.57. The van der Waals surface area contributed by atoms with Gasteiger partial charge >= 0.3 is 0 Å². The van der Waals surface area contributed by atoms with Crippen LogP contribution in [0.3, 0.4) is 0 Å². The summed E-state index contributed by atoms with van der Waals surface area (Å²) in [7, 11) is 0. The lowest BCUT2D eigenvalue weighted by molar-refractivity contribution is 0.256. The molecular formula is C12H19N3S. The van der Waals surface area contributed by atoms with Crippen LogP contribution in [0.25, 0.3) is 0 Å². The van der Waals surface area contributed by atoms with Crippen LogP contribution in [0.1, 0.15) is 19.5 Å². The van der Waals surface area contributed by atoms with Crippen molar-refractivity contribution in [3.05, 3.63) is 30.1 Å². The monoisotopic (exact) mass is 237 g/mol. The van der Waals surface area contributed by atoms with Crippen LogP contribution < -0.4 is 5.73 Å². The molecule has 1 rings (SSSR count). The second-order valence-electron chi connectivity index (χ2n) is 4.10. The molecule has 88 valence electrons. The minimum absolute atomic E-state index is 0.449. The van der Waals surface area contributed by atoms with Gasteiger partial charge in [-0.25, -0.2) is 0 Å². The Morgan fingerprint density at radius 2 is 2.25 bits per heavy atom. The number of hydrogen-bond donors (Lipinski definition) is 1. The third-order valence-electron chi connectivity index (χ3n) is 2.47. The number of aromatic nitrogens is 1. The summed E-state index contributed by atoms with van der Waals surface area (Å²) in [5.74, 6) is 0. The Hall–Kier alpha value is -1.00. The van der Waals surface area contributed by atoms with Gasteiger partial charge in [-0.15, -0.1) is 0 Å². The Morgan fingerprint density at radius 1 is 1.50 bits per heavy atom. The van der Waals surface area contributed by atoms with Gasteiger partial charge in [0.25, 0.3) is 0 Å². The summed E-state index contributed by atoms with van der Waals surface area (Å²) in [5, 5.41) is 0. The van der Waals surface area contributed by atoms with E-state index in [9.17, 15) is 0 Å². The van der Waals surface area contributed by atoms with Gasteiger partial charge in [-0.3, -0.25) is 9.88 Å². The maximum absolute atomic E-state index is 5.57. The first-order valence-electron chi connectivity index (χ1n) is 5.52. The predicted molar refractivity (Wildman–Crippen MR) is 71.4 cm³/mol. The summed E-state index contributed by atoms with van der Waals surface area (Å²) in [5.41, 5.74) is 6.68. The van der Waals surface area contributed by atoms with Gasteiger partial charge in [0.2, 0.25) is 0 Å². The zero-order valence-corrected chi connectivity index (χ0v) is 10.7. The van der Waals surface area contributed by atoms with Crippen molar-refractivity contribution in [1.82, 2.24) is 9.88 Å². The van der Waals surface area contributed by atoms with E-state index in [1.165, 1.54) is 0 Å². The minimum atomic E-state index is 0.449. The highest BCUT2D eigenvalue weighted by atomic mass is 32.1. The van der Waals surface area contributed by atoms with Gasteiger partial charge in [0, 0.05) is 37.4 Å². The van der Waals surface area contributed by atoms with E-state index < -0.39 is 0 Å². The van der Waals surface area contributed by atoms with Crippen molar-refractivity contribution in [1.29, 1.82) is 0 Å². The first kappa shape index (κ1) is 13.1. The minimum Gasteiger partial charge on any atom is -0.392 e. The van der Waals surface area contributed by atoms with E-state index in [1.807, 2.05) is 24.4 Å². The topological polar surface area (TPSA) is 42.2 Å². The average molecular weight is 237 g/mol. The second-order valence-corrected chi connectivity index (χ2v) is 4.63. The van der Waals surface area contributed by atoms with Crippen LogP contribution >= 0.6 is 12.2 Å². The molecule has 0 unspecified atom stereocenters. The van der Waals surface area contributed by atoms with Crippen LogP contribution in [0.2, 0.25) is 0 Å². The zero-order chi connectivity index (χ0) is 12.0. The molecule has 1 aromatic rings. The molecule has 0 amide bonds. The van der Waals surface area contributed by atoms with Crippen molar-refractivity contribution < 1.29 is 0 Å². The average Bonchev–Trinajstić information content (AvgIpc) is 2.25. The van der Waals surface area contributed by atoms with E-state index in [0.717, 1.165) is 18.7 Å². The smallest absolute Gasteiger partial charge is 0.0870 e. The van der Waals surface area contributed by atoms with Crippen LogP contribution in [-0.2, 0) is 6.42 Å². The normalized spacial score (nSPS) is 11.0. The molecule has 1 aromatic heterocycles. The highest BCUT2D eigenvalue weighted by Crippen LogP contribution is 2.02. The van der Waals surface area contributed by atoms with Crippen LogP contribution in [0.15, 0.2) is 24.4 Å². The third kappa shape index (κ3) is 4.68. The van der Waals surface area contributed by atoms with Gasteiger partial charge in [-0.1, -0.05) is 18.3 Å². The van der Waals surface area contributed by atoms with Crippen molar-refractivity contribution in [2.75, 3.05) is 13.1 Å². The van der Waals surface area contributed by atoms with Gasteiger partial charge in [0.05, 0.1) is 4.99 Å². The van der Waals surface area contributed by atoms with Crippen molar-refractivity contribution in [3.63, 3.8) is 0 Å². The first-order chi connectivity index (χ1) is 7.59. The molecule has 0 saturated carbocycles. The molecule has 0 spiro atoms. The van der Waals surface area contributed by atoms with Crippen molar-refractivity contribution in [3.8, 4) is 0 Å². The molecule has 0 fully saturated rings. The van der Waals surface area contributed by atoms with Crippen LogP contribution in [-0.4, -0.2) is 34.0 Å². The fourth-order valence-corrected chi connectivity index (χ4v) is 1.69. The molecule has 0 radical (unpaired) electrons. The third-order valence-corrected chi connectivity index (χ3v) is 2.60. The van der Waals surface area contributed by atoms with E-state index in [4.69, 9.17) is 18.0 Å². The fourth-order valence-electron chi connectivity index (χ4n) is 1.52. The lowest BCUT2D eigenvalue weighted by atomic mass is 10.2. The first-order valence-corrected chi connectivity index (χ1v) is 5.92. The summed E-state index contributed by atoms with van der Waals surface area (Å²) in [6.45, 7) is 5.92. The summed E-state index contributed by atoms with van der Waals surface area (Å²) in [6.07, 6.45) is 2.75. The van der Waals surface area contributed by atoms with Crippen molar-refractivity contribution >= 4 is 17.2 Å². The Kier molecular flexibility index (Phi) is 5.35. The Labute approximate surface area is 103 Å². The lowest BCUT2D eigenvalue weighted by Gasteiger charge is -2.25. The quantitative estimate of drug-likeness (QED) is 0.764. The largest absolute Gasteiger partial charge is 0.392 e. The lowest BCUT2D eigenvalue weighted by Crippen LogP contribution is -2.39. The molecule has 0 aliphatic rings. The van der Waals surface area contributed by atoms with Crippen molar-refractivity contribution in [2.45, 2.75) is 26.3 Å². The van der Waals surface area contributed by atoms with Gasteiger partial charge in [0.1, 0.15) is 0 Å². The molecule has 0 aromatic carbocycles. The van der Waals surface area contributed by atoms with Crippen LogP contribution in [0.5, 0.6) is 0 Å². The van der Waals surface area contributed by atoms with Crippen LogP contribution in [0.4, 0.5) is 0 Å². The molecule has 3 nitrogen and oxygen atoms in total. The Bertz CT molecular complexity index is 324. The van der Waals surface area contributed by atoms with E-state index >= 15 is 0 Å². The number of nitrogens with zero attached hydrogens (tertiary/aromatic N) is 2. The molecule has 16 heavy (non-hydrogen) atoms. The molecule has 0 atom stereocenters. The SMILES string of the molecule is CC(C)N(CCc1ccccn1)CC(N)=S. The number of nitrogens with two attached hydrogens (primary N) is 1. The molecule has 0 aliphatic carbocycles. The summed E-state index contributed by atoms with van der Waals surface area (Å²) < 4.78 is 0. The molecule has 0 bridgehead atoms. The molecule has 2 N–H and O–H groups in total. The molecular weight excluding hydrogens is 218 g/mol. The summed E-state index contributed by atoms with van der Waals surface area (Å²) >= 11 is 4.94. The van der Waals surface area contributed by atoms with Gasteiger partial charge in [0.15, 0.2) is 0 Å². The summed E-state index contributed by atoms with van der Waals surface area (Å²) in [6, 6.07) is 6.43. The number of hydrogen-bond acceptors (Lipinski definition) is 3. The zero-order valence-electron chi connectivity index (χ0n) is 9.89. The van der Waals surface area contributed by atoms with Crippen molar-refractivity contribution in [2.24, 2.45) is 5.73 Å². The van der Waals surface area contributed by atoms with Gasteiger partial charge in [-0.05, 0) is 26.0 Å². The number of rotatable bonds is 6. The molecule has 4 heteroatoms. The van der Waals surface area contributed by atoms with E-state index in [0.29, 0.717) is 17.6 Å². The predicted octanol–water partition coefficient (Wildman–Crippen LogP) is 1.62. The maximum Gasteiger partial charge on any atom is 0.0870 e. The molecule has 1 heterocycles. The van der Waals surface area contributed by atoms with Gasteiger partial charge < -0.3 is 5.73 Å². The van der Waals surface area contributed by atoms with Gasteiger partial charge in [-0.2, -0.15) is 0 Å². The Morgan fingerprint density at radius 3 is 2.75 bits per heavy atom. The standard InChI is InChI=1S/C12H19N3S/c1-10(2)15(9-12(13)16)8-6-11-5-3-4-7-14-11/h3-5,7,10H,6,8-9H2,1-2H3,(H2,13,16). The van der Waals surface area contributed by atoms with E-state index in [1.54, 1.807) is 0 Å². The number of thiocarbonyl (C=S) groups is 1. The highest BCUT2D eigenvalue weighted by Gasteiger charge is 2.10. The second kappa shape index (κ2) is 6.55. The van der Waals surface area contributed by atoms with E-state index in [-0.39, 0.29) is 0 Å². The Balaban J connectivity index is 2.47. The fraction of sp³-hybridized carbons (Fsp3) is 0.500. The van der Waals surface area contributed by atoms with Crippen LogP contribution in [0, 0.1) is 0 Å². The highest BCUT2D eigenvalue weighted by molar-refractivity contribution is 7.80. The molecule has 0 saturated heterocycles. The summed E-state index contributed by atoms with van der Waals surface area (Å²) in [4.78, 5) is 7.11. The van der Waals surface area contributed by atoms with E-state index in [2.05, 4.69) is 23.7 Å². The number of pyridine rings is 1.